The summed E-state index contributed by atoms with van der Waals surface area (Å²) >= 11 is 0. The number of nitrogens with one attached hydrogen (secondary N) is 2. The van der Waals surface area contributed by atoms with Crippen LogP contribution in [0.4, 0.5) is 5.69 Å². The van der Waals surface area contributed by atoms with E-state index in [-0.39, 0.29) is 24.5 Å². The van der Waals surface area contributed by atoms with Gasteiger partial charge in [0.15, 0.2) is 17.0 Å². The highest BCUT2D eigenvalue weighted by Gasteiger charge is 2.40. The number of hydrogen-bond acceptors (Lipinski definition) is 10. The Morgan fingerprint density at radius 1 is 1.02 bits per heavy atom. The number of pyridine rings is 1. The SMILES string of the molecule is COc1ccc2nc3n[nH]c(C)c3c(NCC(=O)[C@@](C)(N)C(=O)OC(C)(C)C)c2c1C(=O)OCc1ccccc1. The van der Waals surface area contributed by atoms with Gasteiger partial charge in [0.25, 0.3) is 0 Å². The highest BCUT2D eigenvalue weighted by atomic mass is 16.6. The number of aromatic nitrogens is 3. The lowest BCUT2D eigenvalue weighted by Crippen LogP contribution is -2.56. The molecule has 0 amide bonds. The first kappa shape index (κ1) is 28.5. The smallest absolute Gasteiger partial charge is 0.343 e. The molecule has 0 aliphatic rings. The summed E-state index contributed by atoms with van der Waals surface area (Å²) in [7, 11) is 1.45. The van der Waals surface area contributed by atoms with Gasteiger partial charge in [-0.2, -0.15) is 5.10 Å². The Hall–Kier alpha value is -4.51. The molecule has 0 fully saturated rings. The lowest BCUT2D eigenvalue weighted by molar-refractivity contribution is -0.162. The van der Waals surface area contributed by atoms with Crippen molar-refractivity contribution >= 4 is 45.3 Å². The lowest BCUT2D eigenvalue weighted by atomic mass is 9.96. The third kappa shape index (κ3) is 5.74. The summed E-state index contributed by atoms with van der Waals surface area (Å²) < 4.78 is 16.5. The first-order valence-corrected chi connectivity index (χ1v) is 12.7. The van der Waals surface area contributed by atoms with Gasteiger partial charge in [-0.25, -0.2) is 14.6 Å². The lowest BCUT2D eigenvalue weighted by Gasteiger charge is -2.27. The Morgan fingerprint density at radius 2 is 1.73 bits per heavy atom. The first-order chi connectivity index (χ1) is 18.8. The molecule has 2 heterocycles. The number of nitrogens with zero attached hydrogens (tertiary/aromatic N) is 2. The summed E-state index contributed by atoms with van der Waals surface area (Å²) in [5, 5.41) is 11.2. The Morgan fingerprint density at radius 3 is 2.38 bits per heavy atom. The molecule has 1 atom stereocenters. The number of rotatable bonds is 9. The number of benzene rings is 2. The van der Waals surface area contributed by atoms with Gasteiger partial charge in [0.1, 0.15) is 23.5 Å². The molecule has 4 N–H and O–H groups in total. The third-order valence-electron chi connectivity index (χ3n) is 6.26. The maximum atomic E-state index is 13.5. The van der Waals surface area contributed by atoms with E-state index >= 15 is 0 Å². The van der Waals surface area contributed by atoms with Gasteiger partial charge in [0.05, 0.1) is 30.2 Å². The molecule has 0 aliphatic carbocycles. The number of esters is 2. The van der Waals surface area contributed by atoms with Crippen LogP contribution in [-0.2, 0) is 25.7 Å². The minimum atomic E-state index is -1.91. The molecule has 4 rings (SSSR count). The van der Waals surface area contributed by atoms with Crippen molar-refractivity contribution in [3.8, 4) is 5.75 Å². The average Bonchev–Trinajstić information content (AvgIpc) is 3.28. The van der Waals surface area contributed by atoms with Gasteiger partial charge in [0.2, 0.25) is 0 Å². The van der Waals surface area contributed by atoms with Crippen LogP contribution in [0.25, 0.3) is 21.9 Å². The zero-order valence-electron chi connectivity index (χ0n) is 23.4. The molecule has 0 spiro atoms. The number of ketones is 1. The van der Waals surface area contributed by atoms with Crippen LogP contribution in [0, 0.1) is 6.92 Å². The molecule has 2 aromatic heterocycles. The van der Waals surface area contributed by atoms with Gasteiger partial charge in [-0.15, -0.1) is 0 Å². The molecule has 210 valence electrons. The number of fused-ring (bicyclic) bond motifs is 2. The van der Waals surface area contributed by atoms with Crippen molar-refractivity contribution in [1.82, 2.24) is 15.2 Å². The van der Waals surface area contributed by atoms with Crippen LogP contribution in [-0.4, -0.2) is 57.7 Å². The average molecular weight is 548 g/mol. The van der Waals surface area contributed by atoms with Crippen LogP contribution < -0.4 is 15.8 Å². The second-order valence-corrected chi connectivity index (χ2v) is 10.6. The minimum absolute atomic E-state index is 0.0439. The highest BCUT2D eigenvalue weighted by molar-refractivity contribution is 6.18. The van der Waals surface area contributed by atoms with Gasteiger partial charge < -0.3 is 25.3 Å². The predicted octanol–water partition coefficient (Wildman–Crippen LogP) is 3.83. The standard InChI is InChI=1S/C29H33N5O6/c1-16-21-24(31-14-20(35)29(5,30)27(37)40-28(2,3)4)22-18(32-25(21)34-33-16)12-13-19(38-6)23(22)26(36)39-15-17-10-8-7-9-11-17/h7-13H,14-15,30H2,1-6H3,(H2,31,32,33,34)/t29-/m1/s1. The normalized spacial score (nSPS) is 13.1. The van der Waals surface area contributed by atoms with E-state index in [2.05, 4.69) is 20.5 Å². The number of Topliss-reactive ketones (excluding diaryl/α,β-unsaturated/α-hetero) is 1. The number of H-pyrrole nitrogens is 1. The second-order valence-electron chi connectivity index (χ2n) is 10.6. The Kier molecular flexibility index (Phi) is 7.79. The molecular weight excluding hydrogens is 514 g/mol. The minimum Gasteiger partial charge on any atom is -0.496 e. The van der Waals surface area contributed by atoms with Crippen LogP contribution in [0.1, 0.15) is 49.3 Å². The molecule has 0 bridgehead atoms. The fourth-order valence-electron chi connectivity index (χ4n) is 4.15. The monoisotopic (exact) mass is 547 g/mol. The Bertz CT molecular complexity index is 1590. The maximum Gasteiger partial charge on any atom is 0.343 e. The van der Waals surface area contributed by atoms with E-state index in [0.717, 1.165) is 5.56 Å². The molecule has 0 saturated carbocycles. The van der Waals surface area contributed by atoms with Crippen molar-refractivity contribution in [3.05, 3.63) is 59.3 Å². The number of anilines is 1. The fourth-order valence-corrected chi connectivity index (χ4v) is 4.15. The van der Waals surface area contributed by atoms with Crippen molar-refractivity contribution in [2.75, 3.05) is 19.0 Å². The van der Waals surface area contributed by atoms with Gasteiger partial charge >= 0.3 is 11.9 Å². The first-order valence-electron chi connectivity index (χ1n) is 12.7. The summed E-state index contributed by atoms with van der Waals surface area (Å²) in [6.07, 6.45) is 0. The van der Waals surface area contributed by atoms with Gasteiger partial charge in [-0.1, -0.05) is 30.3 Å². The van der Waals surface area contributed by atoms with Crippen molar-refractivity contribution in [1.29, 1.82) is 0 Å². The highest BCUT2D eigenvalue weighted by Crippen LogP contribution is 2.38. The molecule has 40 heavy (non-hydrogen) atoms. The van der Waals surface area contributed by atoms with Gasteiger partial charge in [0, 0.05) is 11.1 Å². The Balaban J connectivity index is 1.78. The fraction of sp³-hybridized carbons (Fsp3) is 0.345. The topological polar surface area (TPSA) is 159 Å². The van der Waals surface area contributed by atoms with Crippen molar-refractivity contribution in [2.45, 2.75) is 52.4 Å². The zero-order chi connectivity index (χ0) is 29.2. The molecule has 11 heteroatoms. The summed E-state index contributed by atoms with van der Waals surface area (Å²) in [6.45, 7) is 7.87. The van der Waals surface area contributed by atoms with E-state index in [0.29, 0.717) is 33.3 Å². The molecule has 0 radical (unpaired) electrons. The Labute approximate surface area is 231 Å². The molecular formula is C29H33N5O6. The van der Waals surface area contributed by atoms with E-state index in [4.69, 9.17) is 19.9 Å². The summed E-state index contributed by atoms with van der Waals surface area (Å²) in [4.78, 5) is 44.0. The summed E-state index contributed by atoms with van der Waals surface area (Å²) in [5.74, 6) is -1.83. The molecule has 0 unspecified atom stereocenters. The van der Waals surface area contributed by atoms with E-state index in [1.807, 2.05) is 30.3 Å². The van der Waals surface area contributed by atoms with Gasteiger partial charge in [-0.05, 0) is 52.3 Å². The number of ether oxygens (including phenoxy) is 3. The number of hydrogen-bond donors (Lipinski definition) is 3. The predicted molar refractivity (Wildman–Crippen MR) is 150 cm³/mol. The van der Waals surface area contributed by atoms with Crippen LogP contribution in [0.3, 0.4) is 0 Å². The largest absolute Gasteiger partial charge is 0.496 e. The third-order valence-corrected chi connectivity index (χ3v) is 6.26. The van der Waals surface area contributed by atoms with E-state index in [1.165, 1.54) is 14.0 Å². The van der Waals surface area contributed by atoms with Crippen LogP contribution in [0.2, 0.25) is 0 Å². The van der Waals surface area contributed by atoms with Gasteiger partial charge in [-0.3, -0.25) is 9.89 Å². The van der Waals surface area contributed by atoms with Crippen LogP contribution in [0.5, 0.6) is 5.75 Å². The molecule has 0 aliphatic heterocycles. The van der Waals surface area contributed by atoms with E-state index < -0.39 is 28.9 Å². The second kappa shape index (κ2) is 10.9. The zero-order valence-corrected chi connectivity index (χ0v) is 23.4. The quantitative estimate of drug-likeness (QED) is 0.208. The molecule has 2 aromatic carbocycles. The van der Waals surface area contributed by atoms with Crippen LogP contribution in [0.15, 0.2) is 42.5 Å². The number of carbonyl (C=O) groups is 3. The number of nitrogens with two attached hydrogens (primary N) is 1. The van der Waals surface area contributed by atoms with E-state index in [1.54, 1.807) is 39.8 Å². The molecule has 11 nitrogen and oxygen atoms in total. The van der Waals surface area contributed by atoms with Crippen molar-refractivity contribution < 1.29 is 28.6 Å². The van der Waals surface area contributed by atoms with Crippen molar-refractivity contribution in [2.24, 2.45) is 5.73 Å². The van der Waals surface area contributed by atoms with Crippen LogP contribution >= 0.6 is 0 Å². The summed E-state index contributed by atoms with van der Waals surface area (Å²) in [6, 6.07) is 12.6. The number of methoxy groups -OCH3 is 1. The number of carbonyl (C=O) groups excluding carboxylic acids is 3. The summed E-state index contributed by atoms with van der Waals surface area (Å²) in [5.41, 5.74) is 6.18. The molecule has 4 aromatic rings. The maximum absolute atomic E-state index is 13.5. The number of aromatic amines is 1. The number of aryl methyl sites for hydroxylation is 1. The molecule has 0 saturated heterocycles. The van der Waals surface area contributed by atoms with E-state index in [9.17, 15) is 14.4 Å². The van der Waals surface area contributed by atoms with Crippen molar-refractivity contribution in [3.63, 3.8) is 0 Å².